The lowest BCUT2D eigenvalue weighted by Crippen LogP contribution is -2.45. The largest absolute Gasteiger partial charge is 0.352 e. The van der Waals surface area contributed by atoms with Gasteiger partial charge in [0.2, 0.25) is 5.91 Å². The first kappa shape index (κ1) is 18.3. The molecule has 9 heteroatoms. The fourth-order valence-electron chi connectivity index (χ4n) is 3.56. The fraction of sp³-hybridized carbons (Fsp3) is 0.421. The van der Waals surface area contributed by atoms with Crippen molar-refractivity contribution >= 4 is 16.9 Å². The van der Waals surface area contributed by atoms with Gasteiger partial charge in [-0.05, 0) is 25.0 Å². The van der Waals surface area contributed by atoms with Gasteiger partial charge < -0.3 is 5.32 Å². The third kappa shape index (κ3) is 3.94. The van der Waals surface area contributed by atoms with Crippen LogP contribution in [0.3, 0.4) is 0 Å². The van der Waals surface area contributed by atoms with Gasteiger partial charge in [0.15, 0.2) is 5.65 Å². The Kier molecular flexibility index (Phi) is 5.16. The maximum absolute atomic E-state index is 12.5. The summed E-state index contributed by atoms with van der Waals surface area (Å²) in [5, 5.41) is 7.50. The Hall–Kier alpha value is -3.07. The number of pyridine rings is 1. The average molecular weight is 381 g/mol. The normalized spacial score (nSPS) is 15.8. The van der Waals surface area contributed by atoms with Crippen molar-refractivity contribution < 1.29 is 4.79 Å². The first-order chi connectivity index (χ1) is 13.6. The SMILES string of the molecule is Cn1ncc2c(=O)n(CC(=O)NC3CCN(Cc4ccccn4)CC3)cnc21. The maximum Gasteiger partial charge on any atom is 0.264 e. The highest BCUT2D eigenvalue weighted by atomic mass is 16.2. The molecule has 28 heavy (non-hydrogen) atoms. The van der Waals surface area contributed by atoms with Crippen molar-refractivity contribution in [3.8, 4) is 0 Å². The minimum atomic E-state index is -0.251. The van der Waals surface area contributed by atoms with Gasteiger partial charge in [-0.1, -0.05) is 6.07 Å². The van der Waals surface area contributed by atoms with E-state index in [1.165, 1.54) is 17.1 Å². The minimum Gasteiger partial charge on any atom is -0.352 e. The zero-order valence-corrected chi connectivity index (χ0v) is 15.8. The molecule has 0 aliphatic carbocycles. The first-order valence-electron chi connectivity index (χ1n) is 9.39. The molecule has 3 aromatic rings. The summed E-state index contributed by atoms with van der Waals surface area (Å²) in [5.74, 6) is -0.171. The maximum atomic E-state index is 12.5. The second kappa shape index (κ2) is 7.89. The zero-order chi connectivity index (χ0) is 19.5. The molecule has 1 aliphatic heterocycles. The molecule has 0 spiro atoms. The van der Waals surface area contributed by atoms with Crippen LogP contribution in [0.25, 0.3) is 11.0 Å². The summed E-state index contributed by atoms with van der Waals surface area (Å²) in [7, 11) is 1.73. The highest BCUT2D eigenvalue weighted by Crippen LogP contribution is 2.13. The van der Waals surface area contributed by atoms with Gasteiger partial charge in [-0.25, -0.2) is 4.98 Å². The quantitative estimate of drug-likeness (QED) is 0.683. The number of nitrogens with one attached hydrogen (secondary N) is 1. The van der Waals surface area contributed by atoms with Crippen LogP contribution in [-0.4, -0.2) is 54.3 Å². The van der Waals surface area contributed by atoms with Crippen LogP contribution in [0.4, 0.5) is 0 Å². The Labute approximate surface area is 162 Å². The highest BCUT2D eigenvalue weighted by molar-refractivity contribution is 5.77. The van der Waals surface area contributed by atoms with E-state index in [0.29, 0.717) is 11.0 Å². The fourth-order valence-corrected chi connectivity index (χ4v) is 3.56. The summed E-state index contributed by atoms with van der Waals surface area (Å²) in [6, 6.07) is 6.06. The lowest BCUT2D eigenvalue weighted by Gasteiger charge is -2.32. The molecule has 4 heterocycles. The summed E-state index contributed by atoms with van der Waals surface area (Å²) < 4.78 is 2.87. The number of aryl methyl sites for hydroxylation is 1. The smallest absolute Gasteiger partial charge is 0.264 e. The second-order valence-electron chi connectivity index (χ2n) is 7.12. The van der Waals surface area contributed by atoms with Crippen molar-refractivity contribution in [2.24, 2.45) is 7.05 Å². The van der Waals surface area contributed by atoms with E-state index >= 15 is 0 Å². The van der Waals surface area contributed by atoms with E-state index < -0.39 is 0 Å². The van der Waals surface area contributed by atoms with Gasteiger partial charge in [-0.15, -0.1) is 0 Å². The van der Waals surface area contributed by atoms with E-state index in [1.54, 1.807) is 11.7 Å². The number of carbonyl (C=O) groups excluding carboxylic acids is 1. The lowest BCUT2D eigenvalue weighted by molar-refractivity contribution is -0.122. The number of aromatic nitrogens is 5. The minimum absolute atomic E-state index is 0.0369. The number of likely N-dealkylation sites (tertiary alicyclic amines) is 1. The molecule has 4 rings (SSSR count). The molecule has 1 N–H and O–H groups in total. The average Bonchev–Trinajstić information content (AvgIpc) is 3.08. The summed E-state index contributed by atoms with van der Waals surface area (Å²) in [4.78, 5) is 35.8. The molecule has 0 aromatic carbocycles. The van der Waals surface area contributed by atoms with Gasteiger partial charge in [0, 0.05) is 38.9 Å². The third-order valence-corrected chi connectivity index (χ3v) is 5.10. The van der Waals surface area contributed by atoms with Crippen LogP contribution >= 0.6 is 0 Å². The molecule has 0 radical (unpaired) electrons. The summed E-state index contributed by atoms with van der Waals surface area (Å²) in [6.07, 6.45) is 6.46. The molecule has 0 saturated carbocycles. The van der Waals surface area contributed by atoms with Crippen LogP contribution in [0, 0.1) is 0 Å². The van der Waals surface area contributed by atoms with Crippen molar-refractivity contribution in [2.75, 3.05) is 13.1 Å². The van der Waals surface area contributed by atoms with Crippen LogP contribution < -0.4 is 10.9 Å². The molecule has 9 nitrogen and oxygen atoms in total. The van der Waals surface area contributed by atoms with Crippen molar-refractivity contribution in [1.82, 2.24) is 34.5 Å². The van der Waals surface area contributed by atoms with Crippen molar-refractivity contribution in [1.29, 1.82) is 0 Å². The zero-order valence-electron chi connectivity index (χ0n) is 15.8. The summed E-state index contributed by atoms with van der Waals surface area (Å²) in [6.45, 7) is 2.61. The van der Waals surface area contributed by atoms with E-state index in [1.807, 2.05) is 24.4 Å². The van der Waals surface area contributed by atoms with Gasteiger partial charge in [-0.3, -0.25) is 28.7 Å². The van der Waals surface area contributed by atoms with Crippen LogP contribution in [0.5, 0.6) is 0 Å². The molecule has 146 valence electrons. The van der Waals surface area contributed by atoms with Gasteiger partial charge in [0.1, 0.15) is 18.3 Å². The molecule has 0 unspecified atom stereocenters. The molecule has 1 saturated heterocycles. The predicted molar refractivity (Wildman–Crippen MR) is 103 cm³/mol. The Morgan fingerprint density at radius 3 is 2.82 bits per heavy atom. The number of nitrogens with zero attached hydrogens (tertiary/aromatic N) is 6. The third-order valence-electron chi connectivity index (χ3n) is 5.10. The van der Waals surface area contributed by atoms with E-state index in [-0.39, 0.29) is 24.1 Å². The van der Waals surface area contributed by atoms with Crippen LogP contribution in [0.15, 0.2) is 41.7 Å². The van der Waals surface area contributed by atoms with Crippen molar-refractivity contribution in [3.63, 3.8) is 0 Å². The number of carbonyl (C=O) groups is 1. The molecular formula is C19H23N7O2. The molecular weight excluding hydrogens is 358 g/mol. The standard InChI is InChI=1S/C19H23N7O2/c1-24-18-16(10-22-24)19(28)26(13-21-18)12-17(27)23-14-5-8-25(9-6-14)11-15-4-2-3-7-20-15/h2-4,7,10,13-14H,5-6,8-9,11-12H2,1H3,(H,23,27). The monoisotopic (exact) mass is 381 g/mol. The summed E-state index contributed by atoms with van der Waals surface area (Å²) >= 11 is 0. The van der Waals surface area contributed by atoms with Crippen LogP contribution in [-0.2, 0) is 24.9 Å². The Morgan fingerprint density at radius 2 is 2.07 bits per heavy atom. The number of amides is 1. The van der Waals surface area contributed by atoms with Crippen LogP contribution in [0.2, 0.25) is 0 Å². The van der Waals surface area contributed by atoms with E-state index in [4.69, 9.17) is 0 Å². The van der Waals surface area contributed by atoms with E-state index in [2.05, 4.69) is 25.3 Å². The summed E-state index contributed by atoms with van der Waals surface area (Å²) in [5.41, 5.74) is 1.32. The molecule has 0 atom stereocenters. The molecule has 3 aromatic heterocycles. The Bertz CT molecular complexity index is 1020. The number of hydrogen-bond acceptors (Lipinski definition) is 6. The van der Waals surface area contributed by atoms with Gasteiger partial charge in [-0.2, -0.15) is 5.10 Å². The highest BCUT2D eigenvalue weighted by Gasteiger charge is 2.21. The predicted octanol–water partition coefficient (Wildman–Crippen LogP) is 0.306. The van der Waals surface area contributed by atoms with Gasteiger partial charge in [0.05, 0.1) is 11.9 Å². The molecule has 1 fully saturated rings. The number of hydrogen-bond donors (Lipinski definition) is 1. The molecule has 1 aliphatic rings. The van der Waals surface area contributed by atoms with Gasteiger partial charge >= 0.3 is 0 Å². The Balaban J connectivity index is 1.30. The number of rotatable bonds is 5. The first-order valence-corrected chi connectivity index (χ1v) is 9.39. The van der Waals surface area contributed by atoms with Gasteiger partial charge in [0.25, 0.3) is 5.56 Å². The topological polar surface area (TPSA) is 97.9 Å². The number of piperidine rings is 1. The van der Waals surface area contributed by atoms with Crippen molar-refractivity contribution in [2.45, 2.75) is 32.0 Å². The Morgan fingerprint density at radius 1 is 1.25 bits per heavy atom. The molecule has 1 amide bonds. The lowest BCUT2D eigenvalue weighted by atomic mass is 10.0. The van der Waals surface area contributed by atoms with Crippen LogP contribution in [0.1, 0.15) is 18.5 Å². The van der Waals surface area contributed by atoms with E-state index in [0.717, 1.165) is 38.2 Å². The second-order valence-corrected chi connectivity index (χ2v) is 7.12. The van der Waals surface area contributed by atoms with Crippen molar-refractivity contribution in [3.05, 3.63) is 53.0 Å². The molecule has 0 bridgehead atoms. The van der Waals surface area contributed by atoms with E-state index in [9.17, 15) is 9.59 Å². The number of fused-ring (bicyclic) bond motifs is 1.